The lowest BCUT2D eigenvalue weighted by Gasteiger charge is -2.33. The van der Waals surface area contributed by atoms with E-state index in [0.717, 1.165) is 18.2 Å². The maximum Gasteiger partial charge on any atom is 0.448 e. The Morgan fingerprint density at radius 1 is 1.20 bits per heavy atom. The van der Waals surface area contributed by atoms with E-state index in [1.807, 2.05) is 5.32 Å². The number of ether oxygens (including phenoxy) is 2. The highest BCUT2D eigenvalue weighted by molar-refractivity contribution is 6.31. The Morgan fingerprint density at radius 2 is 1.84 bits per heavy atom. The number of halogens is 5. The van der Waals surface area contributed by atoms with Crippen LogP contribution in [0.5, 0.6) is 0 Å². The summed E-state index contributed by atoms with van der Waals surface area (Å²) in [7, 11) is 0. The molecule has 0 heterocycles. The average molecular weight is 387 g/mol. The highest BCUT2D eigenvalue weighted by Crippen LogP contribution is 2.33. The van der Waals surface area contributed by atoms with Crippen molar-refractivity contribution in [3.8, 4) is 0 Å². The van der Waals surface area contributed by atoms with Crippen LogP contribution < -0.4 is 10.6 Å². The third-order valence-electron chi connectivity index (χ3n) is 2.79. The van der Waals surface area contributed by atoms with Gasteiger partial charge in [0.25, 0.3) is 0 Å². The van der Waals surface area contributed by atoms with Crippen LogP contribution in [0.1, 0.15) is 13.8 Å². The largest absolute Gasteiger partial charge is 0.462 e. The lowest BCUT2D eigenvalue weighted by Crippen LogP contribution is -2.67. The standard InChI is InChI=1S/C14H15ClF4N2O4/c1-3-24-11(22)13(25-4-2,14(17,18)19)21-12(23)20-8-5-6-10(16)9(15)7-8/h5-7H,3-4H2,1-2H3,(H2,20,21,23). The van der Waals surface area contributed by atoms with Gasteiger partial charge in [0.05, 0.1) is 11.6 Å². The molecule has 0 bridgehead atoms. The third kappa shape index (κ3) is 4.95. The van der Waals surface area contributed by atoms with E-state index >= 15 is 0 Å². The molecular weight excluding hydrogens is 372 g/mol. The lowest BCUT2D eigenvalue weighted by atomic mass is 10.2. The summed E-state index contributed by atoms with van der Waals surface area (Å²) in [5, 5.41) is 3.08. The number of hydrogen-bond acceptors (Lipinski definition) is 4. The summed E-state index contributed by atoms with van der Waals surface area (Å²) in [6.07, 6.45) is -5.30. The molecule has 0 aliphatic rings. The van der Waals surface area contributed by atoms with Crippen molar-refractivity contribution in [2.75, 3.05) is 18.5 Å². The summed E-state index contributed by atoms with van der Waals surface area (Å²) >= 11 is 5.52. The zero-order chi connectivity index (χ0) is 19.3. The molecule has 0 saturated heterocycles. The number of urea groups is 1. The maximum atomic E-state index is 13.4. The monoisotopic (exact) mass is 386 g/mol. The first-order valence-electron chi connectivity index (χ1n) is 6.99. The molecule has 6 nitrogen and oxygen atoms in total. The highest BCUT2D eigenvalue weighted by atomic mass is 35.5. The minimum absolute atomic E-state index is 0.0969. The van der Waals surface area contributed by atoms with Crippen LogP contribution in [0.4, 0.5) is 28.0 Å². The molecular formula is C14H15ClF4N2O4. The molecule has 140 valence electrons. The van der Waals surface area contributed by atoms with E-state index in [9.17, 15) is 27.2 Å². The molecule has 0 spiro atoms. The number of benzene rings is 1. The molecule has 0 aliphatic heterocycles. The Bertz CT molecular complexity index is 642. The van der Waals surface area contributed by atoms with Crippen LogP contribution >= 0.6 is 11.6 Å². The van der Waals surface area contributed by atoms with E-state index < -0.39 is 36.3 Å². The van der Waals surface area contributed by atoms with Gasteiger partial charge >= 0.3 is 23.9 Å². The van der Waals surface area contributed by atoms with Gasteiger partial charge in [-0.25, -0.2) is 14.0 Å². The van der Waals surface area contributed by atoms with Crippen LogP contribution in [0.3, 0.4) is 0 Å². The van der Waals surface area contributed by atoms with Crippen molar-refractivity contribution in [2.24, 2.45) is 0 Å². The number of rotatable bonds is 6. The van der Waals surface area contributed by atoms with Crippen molar-refractivity contribution in [2.45, 2.75) is 25.7 Å². The molecule has 1 aromatic carbocycles. The van der Waals surface area contributed by atoms with Crippen molar-refractivity contribution < 1.29 is 36.6 Å². The first kappa shape index (κ1) is 21.0. The Balaban J connectivity index is 3.08. The minimum atomic E-state index is -5.30. The molecule has 1 aromatic rings. The Labute approximate surface area is 145 Å². The van der Waals surface area contributed by atoms with E-state index in [4.69, 9.17) is 11.6 Å². The third-order valence-corrected chi connectivity index (χ3v) is 3.08. The number of carbonyl (C=O) groups excluding carboxylic acids is 2. The van der Waals surface area contributed by atoms with Crippen LogP contribution in [0.25, 0.3) is 0 Å². The van der Waals surface area contributed by atoms with Gasteiger partial charge in [0, 0.05) is 12.3 Å². The number of esters is 1. The number of alkyl halides is 3. The second-order valence-corrected chi connectivity index (χ2v) is 4.95. The number of carbonyl (C=O) groups is 2. The molecule has 2 amide bonds. The summed E-state index contributed by atoms with van der Waals surface area (Å²) in [5.41, 5.74) is -3.79. The van der Waals surface area contributed by atoms with E-state index in [0.29, 0.717) is 0 Å². The zero-order valence-electron chi connectivity index (χ0n) is 13.2. The van der Waals surface area contributed by atoms with Crippen molar-refractivity contribution in [3.63, 3.8) is 0 Å². The normalized spacial score (nSPS) is 13.7. The zero-order valence-corrected chi connectivity index (χ0v) is 13.9. The SMILES string of the molecule is CCOC(=O)C(NC(=O)Nc1ccc(F)c(Cl)c1)(OCC)C(F)(F)F. The van der Waals surface area contributed by atoms with Crippen molar-refractivity contribution in [1.29, 1.82) is 0 Å². The van der Waals surface area contributed by atoms with Crippen molar-refractivity contribution in [1.82, 2.24) is 5.32 Å². The molecule has 2 N–H and O–H groups in total. The Kier molecular flexibility index (Phi) is 7.00. The quantitative estimate of drug-likeness (QED) is 0.446. The van der Waals surface area contributed by atoms with E-state index in [2.05, 4.69) is 9.47 Å². The van der Waals surface area contributed by atoms with E-state index in [-0.39, 0.29) is 17.3 Å². The summed E-state index contributed by atoms with van der Waals surface area (Å²) < 4.78 is 62.2. The Morgan fingerprint density at radius 3 is 2.32 bits per heavy atom. The maximum absolute atomic E-state index is 13.4. The summed E-state index contributed by atoms with van der Waals surface area (Å²) in [6, 6.07) is 1.53. The fourth-order valence-electron chi connectivity index (χ4n) is 1.76. The molecule has 0 fully saturated rings. The minimum Gasteiger partial charge on any atom is -0.462 e. The fourth-order valence-corrected chi connectivity index (χ4v) is 1.94. The lowest BCUT2D eigenvalue weighted by molar-refractivity contribution is -0.282. The average Bonchev–Trinajstić information content (AvgIpc) is 2.49. The van der Waals surface area contributed by atoms with Crippen LogP contribution in [-0.4, -0.2) is 37.1 Å². The molecule has 0 saturated carbocycles. The number of anilines is 1. The van der Waals surface area contributed by atoms with Crippen LogP contribution in [-0.2, 0) is 14.3 Å². The number of hydrogen-bond donors (Lipinski definition) is 2. The Hall–Kier alpha value is -2.07. The highest BCUT2D eigenvalue weighted by Gasteiger charge is 2.64. The predicted molar refractivity (Wildman–Crippen MR) is 80.6 cm³/mol. The second kappa shape index (κ2) is 8.34. The smallest absolute Gasteiger partial charge is 0.448 e. The summed E-state index contributed by atoms with van der Waals surface area (Å²) in [4.78, 5) is 23.7. The second-order valence-electron chi connectivity index (χ2n) is 4.54. The van der Waals surface area contributed by atoms with Gasteiger partial charge in [-0.1, -0.05) is 11.6 Å². The van der Waals surface area contributed by atoms with E-state index in [1.54, 1.807) is 0 Å². The first-order valence-corrected chi connectivity index (χ1v) is 7.37. The van der Waals surface area contributed by atoms with Gasteiger partial charge in [0.1, 0.15) is 5.82 Å². The molecule has 0 aromatic heterocycles. The molecule has 1 unspecified atom stereocenters. The van der Waals surface area contributed by atoms with Gasteiger partial charge in [0.15, 0.2) is 0 Å². The predicted octanol–water partition coefficient (Wildman–Crippen LogP) is 3.46. The molecule has 11 heteroatoms. The number of nitrogens with one attached hydrogen (secondary N) is 2. The van der Waals surface area contributed by atoms with Gasteiger partial charge in [-0.3, -0.25) is 5.32 Å². The molecule has 1 rings (SSSR count). The van der Waals surface area contributed by atoms with Crippen molar-refractivity contribution >= 4 is 29.3 Å². The van der Waals surface area contributed by atoms with Crippen LogP contribution in [0.15, 0.2) is 18.2 Å². The fraction of sp³-hybridized carbons (Fsp3) is 0.429. The molecule has 0 radical (unpaired) electrons. The van der Waals surface area contributed by atoms with E-state index in [1.165, 1.54) is 19.2 Å². The molecule has 25 heavy (non-hydrogen) atoms. The molecule has 0 aliphatic carbocycles. The van der Waals surface area contributed by atoms with Gasteiger partial charge in [-0.05, 0) is 32.0 Å². The van der Waals surface area contributed by atoms with Gasteiger partial charge < -0.3 is 14.8 Å². The van der Waals surface area contributed by atoms with Gasteiger partial charge in [-0.2, -0.15) is 13.2 Å². The summed E-state index contributed by atoms with van der Waals surface area (Å²) in [5.74, 6) is -2.60. The number of amides is 2. The summed E-state index contributed by atoms with van der Waals surface area (Å²) in [6.45, 7) is 1.60. The van der Waals surface area contributed by atoms with Crippen LogP contribution in [0, 0.1) is 5.82 Å². The topological polar surface area (TPSA) is 76.7 Å². The first-order chi connectivity index (χ1) is 11.6. The van der Waals surface area contributed by atoms with Crippen molar-refractivity contribution in [3.05, 3.63) is 29.0 Å². The van der Waals surface area contributed by atoms with Gasteiger partial charge in [0.2, 0.25) is 0 Å². The molecule has 1 atom stereocenters. The van der Waals surface area contributed by atoms with Gasteiger partial charge in [-0.15, -0.1) is 0 Å². The van der Waals surface area contributed by atoms with Crippen LogP contribution in [0.2, 0.25) is 5.02 Å².